The van der Waals surface area contributed by atoms with Gasteiger partial charge in [-0.25, -0.2) is 23.9 Å². The maximum Gasteiger partial charge on any atom is 0.459 e. The molecule has 13 nitrogen and oxygen atoms in total. The Balaban J connectivity index is 1.46. The number of carbonyl (C=O) groups excluding carboxylic acids is 1. The summed E-state index contributed by atoms with van der Waals surface area (Å²) in [6, 6.07) is 11.3. The van der Waals surface area contributed by atoms with E-state index in [1.165, 1.54) is 17.8 Å². The fourth-order valence-corrected chi connectivity index (χ4v) is 6.98. The number of nitrogens with one attached hydrogen (secondary N) is 1. The number of aromatic nitrogens is 4. The molecule has 2 aromatic heterocycles. The van der Waals surface area contributed by atoms with Crippen molar-refractivity contribution in [3.05, 3.63) is 54.6 Å². The van der Waals surface area contributed by atoms with Crippen LogP contribution in [0.2, 0.25) is 0 Å². The third-order valence-electron chi connectivity index (χ3n) is 7.41. The fourth-order valence-electron chi connectivity index (χ4n) is 5.12. The Kier molecular flexibility index (Phi) is 9.88. The van der Waals surface area contributed by atoms with Gasteiger partial charge in [-0.15, -0.1) is 11.6 Å². The number of esters is 1. The summed E-state index contributed by atoms with van der Waals surface area (Å²) < 4.78 is 54.8. The van der Waals surface area contributed by atoms with Crippen molar-refractivity contribution in [3.63, 3.8) is 0 Å². The first kappa shape index (κ1) is 34.0. The molecule has 248 valence electrons. The molecule has 1 fully saturated rings. The molecule has 2 N–H and O–H groups in total. The van der Waals surface area contributed by atoms with Crippen molar-refractivity contribution in [2.75, 3.05) is 31.5 Å². The van der Waals surface area contributed by atoms with Crippen LogP contribution in [0.5, 0.6) is 5.75 Å². The van der Waals surface area contributed by atoms with Crippen LogP contribution in [0, 0.1) is 6.92 Å². The summed E-state index contributed by atoms with van der Waals surface area (Å²) in [5.74, 6) is -0.0151. The van der Waals surface area contributed by atoms with Crippen molar-refractivity contribution in [1.29, 1.82) is 0 Å². The fraction of sp³-hybridized carbons (Fsp3) is 0.467. The first-order chi connectivity index (χ1) is 21.8. The molecule has 1 saturated heterocycles. The molecule has 0 saturated carbocycles. The molecule has 0 radical (unpaired) electrons. The first-order valence-electron chi connectivity index (χ1n) is 14.6. The summed E-state index contributed by atoms with van der Waals surface area (Å²) >= 11 is 6.33. The highest BCUT2D eigenvalue weighted by Gasteiger charge is 2.57. The SMILES string of the molecule is Cc1nc(N(C)C)c2ncn([C@@H]3O[C@](CCl)(CO[P@@](=O)(N[C@H](C)C(=O)OC(C)C)Oc4cccc5ccccc45)[C@@H](O)[C@H]3F)c2n1. The second-order valence-corrected chi connectivity index (χ2v) is 13.5. The van der Waals surface area contributed by atoms with E-state index in [0.717, 1.165) is 5.39 Å². The molecule has 0 amide bonds. The van der Waals surface area contributed by atoms with Gasteiger partial charge in [-0.05, 0) is 39.1 Å². The molecule has 1 aliphatic rings. The molecule has 6 atom stereocenters. The number of nitrogens with zero attached hydrogens (tertiary/aromatic N) is 5. The van der Waals surface area contributed by atoms with Gasteiger partial charge in [0.05, 0.1) is 24.9 Å². The van der Waals surface area contributed by atoms with Crippen LogP contribution in [-0.4, -0.2) is 87.2 Å². The standard InChI is InChI=1S/C30H37ClFN6O7P/c1-17(2)43-29(40)18(3)36-46(41,45-22-13-9-11-20-10-7-8-12-21(20)22)42-15-30(14-31)25(39)23(32)28(44-30)38-16-33-24-26(37(5)6)34-19(4)35-27(24)38/h7-13,16-18,23,25,28,39H,14-15H2,1-6H3,(H,36,41)/t18-,23-,25+,28-,30-,46+/m1/s1. The molecule has 46 heavy (non-hydrogen) atoms. The normalized spacial score (nSPS) is 23.5. The lowest BCUT2D eigenvalue weighted by atomic mass is 9.99. The summed E-state index contributed by atoms with van der Waals surface area (Å²) in [5, 5.41) is 15.2. The number of ether oxygens (including phenoxy) is 2. The summed E-state index contributed by atoms with van der Waals surface area (Å²) in [5.41, 5.74) is -1.21. The number of alkyl halides is 2. The molecule has 1 aliphatic heterocycles. The van der Waals surface area contributed by atoms with E-state index >= 15 is 4.39 Å². The van der Waals surface area contributed by atoms with Gasteiger partial charge < -0.3 is 24.0 Å². The number of hydrogen-bond donors (Lipinski definition) is 2. The van der Waals surface area contributed by atoms with Gasteiger partial charge >= 0.3 is 13.7 Å². The second-order valence-electron chi connectivity index (χ2n) is 11.6. The van der Waals surface area contributed by atoms with Crippen molar-refractivity contribution >= 4 is 53.1 Å². The summed E-state index contributed by atoms with van der Waals surface area (Å²) in [6.45, 7) is 5.81. The molecule has 5 rings (SSSR count). The number of fused-ring (bicyclic) bond motifs is 2. The summed E-state index contributed by atoms with van der Waals surface area (Å²) in [7, 11) is -0.882. The van der Waals surface area contributed by atoms with Crippen LogP contribution >= 0.6 is 19.3 Å². The third-order valence-corrected chi connectivity index (χ3v) is 9.47. The Bertz CT molecular complexity index is 1770. The first-order valence-corrected chi connectivity index (χ1v) is 16.7. The van der Waals surface area contributed by atoms with Crippen molar-refractivity contribution < 1.29 is 37.4 Å². The van der Waals surface area contributed by atoms with E-state index in [0.29, 0.717) is 22.5 Å². The Morgan fingerprint density at radius 2 is 1.93 bits per heavy atom. The number of aliphatic hydroxyl groups excluding tert-OH is 1. The van der Waals surface area contributed by atoms with Gasteiger partial charge in [0.25, 0.3) is 0 Å². The molecule has 16 heteroatoms. The monoisotopic (exact) mass is 678 g/mol. The highest BCUT2D eigenvalue weighted by Crippen LogP contribution is 2.50. The minimum absolute atomic E-state index is 0.198. The Morgan fingerprint density at radius 1 is 1.22 bits per heavy atom. The van der Waals surface area contributed by atoms with Crippen LogP contribution in [0.25, 0.3) is 21.9 Å². The predicted octanol–water partition coefficient (Wildman–Crippen LogP) is 4.69. The maximum absolute atomic E-state index is 15.9. The highest BCUT2D eigenvalue weighted by molar-refractivity contribution is 7.52. The van der Waals surface area contributed by atoms with E-state index in [1.54, 1.807) is 64.0 Å². The van der Waals surface area contributed by atoms with E-state index in [4.69, 9.17) is 30.1 Å². The lowest BCUT2D eigenvalue weighted by Gasteiger charge is -2.31. The largest absolute Gasteiger partial charge is 0.462 e. The number of halogens is 2. The van der Waals surface area contributed by atoms with Crippen LogP contribution in [0.15, 0.2) is 48.8 Å². The predicted molar refractivity (Wildman–Crippen MR) is 171 cm³/mol. The zero-order chi connectivity index (χ0) is 33.4. The van der Waals surface area contributed by atoms with E-state index in [2.05, 4.69) is 20.0 Å². The van der Waals surface area contributed by atoms with Crippen LogP contribution in [0.1, 0.15) is 32.8 Å². The Labute approximate surface area is 270 Å². The van der Waals surface area contributed by atoms with Gasteiger partial charge in [-0.1, -0.05) is 36.4 Å². The smallest absolute Gasteiger partial charge is 0.459 e. The quantitative estimate of drug-likeness (QED) is 0.122. The van der Waals surface area contributed by atoms with Crippen LogP contribution < -0.4 is 14.5 Å². The minimum atomic E-state index is -4.46. The van der Waals surface area contributed by atoms with E-state index in [-0.39, 0.29) is 11.4 Å². The second kappa shape index (κ2) is 13.4. The van der Waals surface area contributed by atoms with Gasteiger partial charge in [0.1, 0.15) is 29.3 Å². The molecule has 0 spiro atoms. The lowest BCUT2D eigenvalue weighted by Crippen LogP contribution is -2.48. The Hall–Kier alpha value is -3.39. The maximum atomic E-state index is 15.9. The molecule has 4 aromatic rings. The van der Waals surface area contributed by atoms with Gasteiger partial charge in [0.2, 0.25) is 0 Å². The van der Waals surface area contributed by atoms with Crippen LogP contribution in [-0.2, 0) is 23.4 Å². The zero-order valence-corrected chi connectivity index (χ0v) is 27.9. The van der Waals surface area contributed by atoms with Crippen molar-refractivity contribution in [3.8, 4) is 5.75 Å². The number of hydrogen-bond acceptors (Lipinski definition) is 11. The molecule has 3 heterocycles. The van der Waals surface area contributed by atoms with Crippen molar-refractivity contribution in [2.24, 2.45) is 0 Å². The summed E-state index contributed by atoms with van der Waals surface area (Å²) in [4.78, 5) is 27.6. The van der Waals surface area contributed by atoms with Gasteiger partial charge in [-0.3, -0.25) is 13.9 Å². The third kappa shape index (κ3) is 6.69. The number of rotatable bonds is 12. The Morgan fingerprint density at radius 3 is 2.63 bits per heavy atom. The molecule has 0 unspecified atom stereocenters. The topological polar surface area (TPSA) is 150 Å². The number of aliphatic hydroxyl groups is 1. The van der Waals surface area contributed by atoms with Crippen molar-refractivity contribution in [2.45, 2.75) is 63.9 Å². The van der Waals surface area contributed by atoms with Crippen LogP contribution in [0.4, 0.5) is 10.2 Å². The van der Waals surface area contributed by atoms with Crippen LogP contribution in [0.3, 0.4) is 0 Å². The number of benzene rings is 2. The number of carbonyl (C=O) groups is 1. The van der Waals surface area contributed by atoms with E-state index in [9.17, 15) is 14.5 Å². The van der Waals surface area contributed by atoms with Gasteiger partial charge in [0.15, 0.2) is 29.4 Å². The molecule has 0 aliphatic carbocycles. The molecule has 2 aromatic carbocycles. The minimum Gasteiger partial charge on any atom is -0.462 e. The summed E-state index contributed by atoms with van der Waals surface area (Å²) in [6.07, 6.45) is -4.34. The molecular weight excluding hydrogens is 642 g/mol. The number of aryl methyl sites for hydroxylation is 1. The van der Waals surface area contributed by atoms with Gasteiger partial charge in [-0.2, -0.15) is 5.09 Å². The molecular formula is C30H37ClFN6O7P. The zero-order valence-electron chi connectivity index (χ0n) is 26.3. The molecule has 0 bridgehead atoms. The lowest BCUT2D eigenvalue weighted by molar-refractivity contribution is -0.149. The average molecular weight is 679 g/mol. The highest BCUT2D eigenvalue weighted by atomic mass is 35.5. The van der Waals surface area contributed by atoms with Crippen molar-refractivity contribution in [1.82, 2.24) is 24.6 Å². The average Bonchev–Trinajstić information content (AvgIpc) is 3.53. The van der Waals surface area contributed by atoms with E-state index in [1.807, 2.05) is 18.2 Å². The van der Waals surface area contributed by atoms with E-state index < -0.39 is 62.5 Å². The number of anilines is 1. The number of imidazole rings is 1. The van der Waals surface area contributed by atoms with Gasteiger partial charge in [0, 0.05) is 19.5 Å².